The molecular formula is C14H16N2O4. The van der Waals surface area contributed by atoms with Crippen molar-refractivity contribution in [1.29, 1.82) is 0 Å². The number of Topliss-reactive ketones (excluding diaryl/α,β-unsaturated/α-hetero) is 1. The van der Waals surface area contributed by atoms with Gasteiger partial charge >= 0.3 is 0 Å². The molecule has 1 aromatic carbocycles. The van der Waals surface area contributed by atoms with E-state index in [0.717, 1.165) is 0 Å². The first-order chi connectivity index (χ1) is 9.58. The number of hydrogen-bond acceptors (Lipinski definition) is 4. The maximum atomic E-state index is 11.9. The van der Waals surface area contributed by atoms with Crippen molar-refractivity contribution < 1.29 is 19.1 Å². The molecule has 106 valence electrons. The number of amides is 2. The van der Waals surface area contributed by atoms with E-state index < -0.39 is 11.7 Å². The quantitative estimate of drug-likeness (QED) is 0.805. The van der Waals surface area contributed by atoms with Crippen LogP contribution in [0.4, 0.5) is 5.69 Å². The third-order valence-corrected chi connectivity index (χ3v) is 3.12. The predicted octanol–water partition coefficient (Wildman–Crippen LogP) is 0.751. The molecule has 0 atom stereocenters. The summed E-state index contributed by atoms with van der Waals surface area (Å²) in [5.41, 5.74) is 0.857. The second kappa shape index (κ2) is 5.73. The number of carbonyl (C=O) groups is 3. The number of hydrogen-bond donors (Lipinski definition) is 1. The zero-order valence-electron chi connectivity index (χ0n) is 11.4. The normalized spacial score (nSPS) is 13.4. The van der Waals surface area contributed by atoms with E-state index in [1.165, 1.54) is 12.0 Å². The van der Waals surface area contributed by atoms with Gasteiger partial charge in [-0.1, -0.05) is 0 Å². The molecule has 0 aliphatic carbocycles. The van der Waals surface area contributed by atoms with Crippen LogP contribution in [0.3, 0.4) is 0 Å². The van der Waals surface area contributed by atoms with Crippen molar-refractivity contribution in [2.75, 3.05) is 25.1 Å². The summed E-state index contributed by atoms with van der Waals surface area (Å²) in [4.78, 5) is 36.6. The Morgan fingerprint density at radius 1 is 1.35 bits per heavy atom. The molecule has 1 aliphatic rings. The van der Waals surface area contributed by atoms with Gasteiger partial charge in [-0.3, -0.25) is 14.4 Å². The van der Waals surface area contributed by atoms with E-state index in [0.29, 0.717) is 23.5 Å². The fourth-order valence-electron chi connectivity index (χ4n) is 2.12. The SMILES string of the molecule is CCNC(=O)CCN1C(=O)C(=O)c2ccc(OC)cc21. The van der Waals surface area contributed by atoms with Crippen LogP contribution in [-0.4, -0.2) is 37.8 Å². The van der Waals surface area contributed by atoms with Gasteiger partial charge in [0.25, 0.3) is 11.7 Å². The molecule has 0 fully saturated rings. The molecule has 0 radical (unpaired) electrons. The third-order valence-electron chi connectivity index (χ3n) is 3.12. The van der Waals surface area contributed by atoms with Crippen molar-refractivity contribution in [2.45, 2.75) is 13.3 Å². The van der Waals surface area contributed by atoms with E-state index >= 15 is 0 Å². The highest BCUT2D eigenvalue weighted by atomic mass is 16.5. The standard InChI is InChI=1S/C14H16N2O4/c1-3-15-12(17)6-7-16-11-8-9(20-2)4-5-10(11)13(18)14(16)19/h4-5,8H,3,6-7H2,1-2H3,(H,15,17). The van der Waals surface area contributed by atoms with Crippen LogP contribution in [0.1, 0.15) is 23.7 Å². The molecule has 6 nitrogen and oxygen atoms in total. The second-order valence-corrected chi connectivity index (χ2v) is 4.37. The smallest absolute Gasteiger partial charge is 0.299 e. The molecule has 1 heterocycles. The highest BCUT2D eigenvalue weighted by molar-refractivity contribution is 6.52. The summed E-state index contributed by atoms with van der Waals surface area (Å²) in [6.45, 7) is 2.54. The molecule has 1 N–H and O–H groups in total. The van der Waals surface area contributed by atoms with Gasteiger partial charge in [-0.25, -0.2) is 0 Å². The number of benzene rings is 1. The molecule has 0 bridgehead atoms. The Balaban J connectivity index is 2.20. The molecule has 1 aromatic rings. The summed E-state index contributed by atoms with van der Waals surface area (Å²) < 4.78 is 5.09. The Labute approximate surface area is 116 Å². The Morgan fingerprint density at radius 2 is 2.10 bits per heavy atom. The maximum absolute atomic E-state index is 11.9. The molecule has 1 aliphatic heterocycles. The van der Waals surface area contributed by atoms with Crippen molar-refractivity contribution in [3.63, 3.8) is 0 Å². The third kappa shape index (κ3) is 2.49. The first kappa shape index (κ1) is 14.0. The van der Waals surface area contributed by atoms with Gasteiger partial charge in [0.15, 0.2) is 0 Å². The minimum absolute atomic E-state index is 0.149. The summed E-state index contributed by atoms with van der Waals surface area (Å²) in [6.07, 6.45) is 0.156. The number of carbonyl (C=O) groups excluding carboxylic acids is 3. The van der Waals surface area contributed by atoms with Gasteiger partial charge in [0.2, 0.25) is 5.91 Å². The summed E-state index contributed by atoms with van der Waals surface area (Å²) in [5, 5.41) is 2.66. The average Bonchev–Trinajstić information content (AvgIpc) is 2.69. The Kier molecular flexibility index (Phi) is 4.02. The lowest BCUT2D eigenvalue weighted by atomic mass is 10.1. The van der Waals surface area contributed by atoms with Crippen LogP contribution in [-0.2, 0) is 9.59 Å². The Hall–Kier alpha value is -2.37. The van der Waals surface area contributed by atoms with Crippen LogP contribution >= 0.6 is 0 Å². The van der Waals surface area contributed by atoms with Gasteiger partial charge in [-0.2, -0.15) is 0 Å². The van der Waals surface area contributed by atoms with Gasteiger partial charge in [-0.05, 0) is 19.1 Å². The largest absolute Gasteiger partial charge is 0.497 e. The van der Waals surface area contributed by atoms with E-state index in [1.54, 1.807) is 18.2 Å². The highest BCUT2D eigenvalue weighted by Gasteiger charge is 2.35. The van der Waals surface area contributed by atoms with Crippen LogP contribution < -0.4 is 15.0 Å². The molecule has 20 heavy (non-hydrogen) atoms. The molecule has 0 aromatic heterocycles. The molecule has 2 amide bonds. The fourth-order valence-corrected chi connectivity index (χ4v) is 2.12. The lowest BCUT2D eigenvalue weighted by Gasteiger charge is -2.16. The monoisotopic (exact) mass is 276 g/mol. The van der Waals surface area contributed by atoms with Crippen LogP contribution in [0.5, 0.6) is 5.75 Å². The number of ether oxygens (including phenoxy) is 1. The second-order valence-electron chi connectivity index (χ2n) is 4.37. The van der Waals surface area contributed by atoms with Gasteiger partial charge in [0.05, 0.1) is 18.4 Å². The zero-order chi connectivity index (χ0) is 14.7. The van der Waals surface area contributed by atoms with E-state index in [-0.39, 0.29) is 18.9 Å². The van der Waals surface area contributed by atoms with Gasteiger partial charge < -0.3 is 15.0 Å². The minimum Gasteiger partial charge on any atom is -0.497 e. The summed E-state index contributed by atoms with van der Waals surface area (Å²) in [7, 11) is 1.51. The van der Waals surface area contributed by atoms with Crippen molar-refractivity contribution in [2.24, 2.45) is 0 Å². The minimum atomic E-state index is -0.599. The number of ketones is 1. The number of methoxy groups -OCH3 is 1. The Morgan fingerprint density at radius 3 is 2.75 bits per heavy atom. The van der Waals surface area contributed by atoms with Gasteiger partial charge in [0.1, 0.15) is 5.75 Å². The van der Waals surface area contributed by atoms with E-state index in [2.05, 4.69) is 5.32 Å². The van der Waals surface area contributed by atoms with E-state index in [9.17, 15) is 14.4 Å². The topological polar surface area (TPSA) is 75.7 Å². The number of anilines is 1. The fraction of sp³-hybridized carbons (Fsp3) is 0.357. The Bertz CT molecular complexity index is 568. The molecule has 0 spiro atoms. The van der Waals surface area contributed by atoms with Crippen molar-refractivity contribution in [1.82, 2.24) is 5.32 Å². The predicted molar refractivity (Wildman–Crippen MR) is 73.0 cm³/mol. The van der Waals surface area contributed by atoms with Crippen molar-refractivity contribution in [3.05, 3.63) is 23.8 Å². The summed E-state index contributed by atoms with van der Waals surface area (Å²) in [6, 6.07) is 4.84. The highest BCUT2D eigenvalue weighted by Crippen LogP contribution is 2.32. The van der Waals surface area contributed by atoms with Crippen molar-refractivity contribution >= 4 is 23.3 Å². The van der Waals surface area contributed by atoms with Gasteiger partial charge in [-0.15, -0.1) is 0 Å². The zero-order valence-corrected chi connectivity index (χ0v) is 11.4. The van der Waals surface area contributed by atoms with Crippen LogP contribution in [0, 0.1) is 0 Å². The molecule has 2 rings (SSSR count). The van der Waals surface area contributed by atoms with Crippen LogP contribution in [0.15, 0.2) is 18.2 Å². The number of fused-ring (bicyclic) bond motifs is 1. The average molecular weight is 276 g/mol. The van der Waals surface area contributed by atoms with Gasteiger partial charge in [0, 0.05) is 25.6 Å². The lowest BCUT2D eigenvalue weighted by molar-refractivity contribution is -0.120. The molecular weight excluding hydrogens is 260 g/mol. The first-order valence-corrected chi connectivity index (χ1v) is 6.39. The lowest BCUT2D eigenvalue weighted by Crippen LogP contribution is -2.34. The summed E-state index contributed by atoms with van der Waals surface area (Å²) in [5.74, 6) is -0.727. The number of rotatable bonds is 5. The number of nitrogens with zero attached hydrogens (tertiary/aromatic N) is 1. The van der Waals surface area contributed by atoms with E-state index in [4.69, 9.17) is 4.74 Å². The van der Waals surface area contributed by atoms with Crippen molar-refractivity contribution in [3.8, 4) is 5.75 Å². The number of nitrogens with one attached hydrogen (secondary N) is 1. The first-order valence-electron chi connectivity index (χ1n) is 6.39. The summed E-state index contributed by atoms with van der Waals surface area (Å²) >= 11 is 0. The molecule has 0 saturated heterocycles. The molecule has 6 heteroatoms. The maximum Gasteiger partial charge on any atom is 0.299 e. The van der Waals surface area contributed by atoms with Crippen LogP contribution in [0.2, 0.25) is 0 Å². The van der Waals surface area contributed by atoms with Crippen LogP contribution in [0.25, 0.3) is 0 Å². The van der Waals surface area contributed by atoms with E-state index in [1.807, 2.05) is 6.92 Å². The molecule has 0 unspecified atom stereocenters. The molecule has 0 saturated carbocycles.